The number of rotatable bonds is 5. The molecule has 0 aromatic heterocycles. The zero-order valence-corrected chi connectivity index (χ0v) is 11.2. The molecule has 0 atom stereocenters. The molecule has 0 bridgehead atoms. The van der Waals surface area contributed by atoms with Crippen LogP contribution in [0.1, 0.15) is 38.5 Å². The van der Waals surface area contributed by atoms with Crippen molar-refractivity contribution in [3.8, 4) is 0 Å². The molecule has 0 unspecified atom stereocenters. The van der Waals surface area contributed by atoms with Crippen LogP contribution in [0.3, 0.4) is 0 Å². The Morgan fingerprint density at radius 2 is 1.59 bits per heavy atom. The maximum absolute atomic E-state index is 5.58. The van der Waals surface area contributed by atoms with Crippen LogP contribution in [0.5, 0.6) is 0 Å². The van der Waals surface area contributed by atoms with Gasteiger partial charge in [-0.15, -0.1) is 0 Å². The van der Waals surface area contributed by atoms with Gasteiger partial charge in [-0.05, 0) is 57.8 Å². The van der Waals surface area contributed by atoms with Gasteiger partial charge in [0.15, 0.2) is 0 Å². The van der Waals surface area contributed by atoms with Gasteiger partial charge >= 0.3 is 0 Å². The molecule has 2 N–H and O–H groups in total. The molecule has 1 aliphatic heterocycles. The van der Waals surface area contributed by atoms with E-state index < -0.39 is 0 Å². The van der Waals surface area contributed by atoms with E-state index >= 15 is 0 Å². The summed E-state index contributed by atoms with van der Waals surface area (Å²) < 4.78 is 0. The second-order valence-electron chi connectivity index (χ2n) is 5.79. The van der Waals surface area contributed by atoms with E-state index in [0.717, 1.165) is 18.9 Å². The van der Waals surface area contributed by atoms with Crippen LogP contribution < -0.4 is 5.73 Å². The summed E-state index contributed by atoms with van der Waals surface area (Å²) in [5.41, 5.74) is 5.58. The Labute approximate surface area is 106 Å². The fourth-order valence-electron chi connectivity index (χ4n) is 3.30. The summed E-state index contributed by atoms with van der Waals surface area (Å²) in [7, 11) is 0. The topological polar surface area (TPSA) is 32.5 Å². The van der Waals surface area contributed by atoms with Crippen molar-refractivity contribution in [2.45, 2.75) is 38.5 Å². The van der Waals surface area contributed by atoms with Crippen molar-refractivity contribution in [2.24, 2.45) is 11.7 Å². The van der Waals surface area contributed by atoms with Crippen molar-refractivity contribution in [3.63, 3.8) is 0 Å². The third-order valence-corrected chi connectivity index (χ3v) is 4.35. The van der Waals surface area contributed by atoms with Gasteiger partial charge in [0, 0.05) is 19.6 Å². The third kappa shape index (κ3) is 4.57. The fourth-order valence-corrected chi connectivity index (χ4v) is 3.30. The minimum atomic E-state index is 0.836. The molecule has 17 heavy (non-hydrogen) atoms. The molecule has 1 aliphatic carbocycles. The first-order chi connectivity index (χ1) is 8.38. The molecular formula is C14H29N3. The highest BCUT2D eigenvalue weighted by molar-refractivity contribution is 4.75. The first kappa shape index (κ1) is 13.3. The first-order valence-electron chi connectivity index (χ1n) is 7.53. The monoisotopic (exact) mass is 239 g/mol. The Morgan fingerprint density at radius 3 is 2.35 bits per heavy atom. The predicted octanol–water partition coefficient (Wildman–Crippen LogP) is 1.53. The molecule has 0 amide bonds. The summed E-state index contributed by atoms with van der Waals surface area (Å²) in [5, 5.41) is 0. The smallest absolute Gasteiger partial charge is 0.0109 e. The van der Waals surface area contributed by atoms with Crippen molar-refractivity contribution >= 4 is 0 Å². The van der Waals surface area contributed by atoms with Gasteiger partial charge < -0.3 is 15.5 Å². The second kappa shape index (κ2) is 7.34. The molecule has 1 heterocycles. The highest BCUT2D eigenvalue weighted by Gasteiger charge is 2.20. The lowest BCUT2D eigenvalue weighted by Gasteiger charge is -2.24. The Morgan fingerprint density at radius 1 is 0.882 bits per heavy atom. The molecule has 3 heteroatoms. The van der Waals surface area contributed by atoms with E-state index in [9.17, 15) is 0 Å². The minimum Gasteiger partial charge on any atom is -0.330 e. The van der Waals surface area contributed by atoms with Gasteiger partial charge in [-0.25, -0.2) is 0 Å². The summed E-state index contributed by atoms with van der Waals surface area (Å²) in [4.78, 5) is 5.31. The van der Waals surface area contributed by atoms with Crippen LogP contribution in [-0.4, -0.2) is 55.6 Å². The molecule has 2 aliphatic rings. The second-order valence-corrected chi connectivity index (χ2v) is 5.79. The number of hydrogen-bond acceptors (Lipinski definition) is 3. The van der Waals surface area contributed by atoms with Crippen molar-refractivity contribution in [1.82, 2.24) is 9.80 Å². The molecule has 3 nitrogen and oxygen atoms in total. The van der Waals surface area contributed by atoms with Gasteiger partial charge in [-0.2, -0.15) is 0 Å². The lowest BCUT2D eigenvalue weighted by atomic mass is 10.1. The van der Waals surface area contributed by atoms with Gasteiger partial charge in [0.25, 0.3) is 0 Å². The molecule has 1 saturated heterocycles. The Balaban J connectivity index is 1.67. The van der Waals surface area contributed by atoms with Gasteiger partial charge in [0.05, 0.1) is 0 Å². The van der Waals surface area contributed by atoms with Crippen LogP contribution in [0.2, 0.25) is 0 Å². The van der Waals surface area contributed by atoms with Crippen LogP contribution in [0.4, 0.5) is 0 Å². The third-order valence-electron chi connectivity index (χ3n) is 4.35. The highest BCUT2D eigenvalue weighted by atomic mass is 15.2. The van der Waals surface area contributed by atoms with Crippen LogP contribution in [0.15, 0.2) is 0 Å². The van der Waals surface area contributed by atoms with Crippen molar-refractivity contribution < 1.29 is 0 Å². The van der Waals surface area contributed by atoms with Gasteiger partial charge in [0.2, 0.25) is 0 Å². The quantitative estimate of drug-likeness (QED) is 0.790. The van der Waals surface area contributed by atoms with Crippen LogP contribution in [-0.2, 0) is 0 Å². The lowest BCUT2D eigenvalue weighted by Crippen LogP contribution is -2.34. The SMILES string of the molecule is NCCCN1CCCN(CC2CCCC2)CC1. The van der Waals surface area contributed by atoms with Gasteiger partial charge in [-0.3, -0.25) is 0 Å². The average molecular weight is 239 g/mol. The van der Waals surface area contributed by atoms with E-state index in [1.807, 2.05) is 0 Å². The maximum Gasteiger partial charge on any atom is 0.0109 e. The average Bonchev–Trinajstić information content (AvgIpc) is 2.74. The standard InChI is InChI=1S/C14H29N3/c15-7-3-8-16-9-4-10-17(12-11-16)13-14-5-1-2-6-14/h14H,1-13,15H2. The van der Waals surface area contributed by atoms with E-state index in [4.69, 9.17) is 5.73 Å². The van der Waals surface area contributed by atoms with Crippen molar-refractivity contribution in [3.05, 3.63) is 0 Å². The Hall–Kier alpha value is -0.120. The number of nitrogens with two attached hydrogens (primary N) is 1. The van der Waals surface area contributed by atoms with Crippen LogP contribution in [0, 0.1) is 5.92 Å². The molecule has 2 fully saturated rings. The largest absolute Gasteiger partial charge is 0.330 e. The zero-order valence-electron chi connectivity index (χ0n) is 11.2. The fraction of sp³-hybridized carbons (Fsp3) is 1.00. The predicted molar refractivity (Wildman–Crippen MR) is 73.1 cm³/mol. The van der Waals surface area contributed by atoms with E-state index in [0.29, 0.717) is 0 Å². The number of nitrogens with zero attached hydrogens (tertiary/aromatic N) is 2. The Kier molecular flexibility index (Phi) is 5.75. The Bertz CT molecular complexity index is 202. The van der Waals surface area contributed by atoms with Gasteiger partial charge in [-0.1, -0.05) is 12.8 Å². The summed E-state index contributed by atoms with van der Waals surface area (Å²) in [5.74, 6) is 1.01. The maximum atomic E-state index is 5.58. The van der Waals surface area contributed by atoms with Crippen molar-refractivity contribution in [1.29, 1.82) is 0 Å². The van der Waals surface area contributed by atoms with Crippen LogP contribution in [0.25, 0.3) is 0 Å². The summed E-state index contributed by atoms with van der Waals surface area (Å²) in [6.45, 7) is 8.53. The van der Waals surface area contributed by atoms with E-state index in [1.165, 1.54) is 71.4 Å². The highest BCUT2D eigenvalue weighted by Crippen LogP contribution is 2.25. The molecule has 0 aromatic rings. The summed E-state index contributed by atoms with van der Waals surface area (Å²) >= 11 is 0. The van der Waals surface area contributed by atoms with Crippen molar-refractivity contribution in [2.75, 3.05) is 45.8 Å². The molecular weight excluding hydrogens is 210 g/mol. The first-order valence-corrected chi connectivity index (χ1v) is 7.53. The number of hydrogen-bond donors (Lipinski definition) is 1. The normalized spacial score (nSPS) is 25.2. The molecule has 0 aromatic carbocycles. The zero-order chi connectivity index (χ0) is 11.9. The summed E-state index contributed by atoms with van der Waals surface area (Å²) in [6.07, 6.45) is 8.41. The lowest BCUT2D eigenvalue weighted by molar-refractivity contribution is 0.228. The van der Waals surface area contributed by atoms with E-state index in [2.05, 4.69) is 9.80 Å². The van der Waals surface area contributed by atoms with Crippen LogP contribution >= 0.6 is 0 Å². The molecule has 100 valence electrons. The van der Waals surface area contributed by atoms with E-state index in [1.54, 1.807) is 0 Å². The molecule has 2 rings (SSSR count). The molecule has 1 saturated carbocycles. The minimum absolute atomic E-state index is 0.836. The van der Waals surface area contributed by atoms with E-state index in [-0.39, 0.29) is 0 Å². The molecule has 0 spiro atoms. The van der Waals surface area contributed by atoms with Gasteiger partial charge in [0.1, 0.15) is 0 Å². The molecule has 0 radical (unpaired) electrons. The summed E-state index contributed by atoms with van der Waals surface area (Å²) in [6, 6.07) is 0.